The van der Waals surface area contributed by atoms with Gasteiger partial charge in [0.1, 0.15) is 0 Å². The zero-order chi connectivity index (χ0) is 13.8. The van der Waals surface area contributed by atoms with Gasteiger partial charge >= 0.3 is 0 Å². The number of nitrogens with two attached hydrogens (primary N) is 1. The number of carbonyl (C=O) groups is 1. The minimum absolute atomic E-state index is 0.281. The van der Waals surface area contributed by atoms with Crippen LogP contribution in [0.4, 0.5) is 0 Å². The molecule has 1 saturated carbocycles. The Kier molecular flexibility index (Phi) is 4.80. The average molecular weight is 283 g/mol. The summed E-state index contributed by atoms with van der Waals surface area (Å²) in [4.78, 5) is 11.0. The molecule has 0 spiro atoms. The molecule has 2 rings (SSSR count). The van der Waals surface area contributed by atoms with Crippen LogP contribution in [0, 0.1) is 0 Å². The number of hydrogen-bond donors (Lipinski definition) is 2. The fourth-order valence-corrected chi connectivity index (χ4v) is 2.77. The predicted molar refractivity (Wildman–Crippen MR) is 75.2 cm³/mol. The highest BCUT2D eigenvalue weighted by molar-refractivity contribution is 6.31. The highest BCUT2D eigenvalue weighted by atomic mass is 35.5. The van der Waals surface area contributed by atoms with E-state index >= 15 is 0 Å². The fraction of sp³-hybridized carbons (Fsp3) is 0.500. The van der Waals surface area contributed by atoms with Gasteiger partial charge in [0.05, 0.1) is 6.10 Å². The normalized spacial score (nSPS) is 22.6. The van der Waals surface area contributed by atoms with Crippen LogP contribution in [0.25, 0.3) is 0 Å². The number of ether oxygens (including phenoxy) is 1. The third-order valence-corrected chi connectivity index (χ3v) is 4.00. The van der Waals surface area contributed by atoms with E-state index in [0.717, 1.165) is 18.4 Å². The molecule has 5 heteroatoms. The minimum Gasteiger partial charge on any atom is -0.380 e. The maximum Gasteiger partial charge on any atom is 0.248 e. The quantitative estimate of drug-likeness (QED) is 0.869. The summed E-state index contributed by atoms with van der Waals surface area (Å²) in [5, 5.41) is 4.03. The van der Waals surface area contributed by atoms with Crippen molar-refractivity contribution in [3.63, 3.8) is 0 Å². The molecule has 1 fully saturated rings. The molecule has 1 aromatic carbocycles. The lowest BCUT2D eigenvalue weighted by atomic mass is 10.1. The van der Waals surface area contributed by atoms with Crippen LogP contribution in [0.15, 0.2) is 18.2 Å². The first-order valence-corrected chi connectivity index (χ1v) is 6.84. The van der Waals surface area contributed by atoms with Crippen molar-refractivity contribution in [2.75, 3.05) is 7.11 Å². The minimum atomic E-state index is -0.461. The summed E-state index contributed by atoms with van der Waals surface area (Å²) in [6.07, 6.45) is 3.69. The fourth-order valence-electron chi connectivity index (χ4n) is 2.53. The number of methoxy groups -OCH3 is 1. The van der Waals surface area contributed by atoms with Crippen molar-refractivity contribution in [3.8, 4) is 0 Å². The highest BCUT2D eigenvalue weighted by Gasteiger charge is 2.26. The van der Waals surface area contributed by atoms with Crippen LogP contribution >= 0.6 is 11.6 Å². The van der Waals surface area contributed by atoms with Gasteiger partial charge in [-0.25, -0.2) is 0 Å². The molecule has 0 aromatic heterocycles. The lowest BCUT2D eigenvalue weighted by Crippen LogP contribution is -2.36. The molecule has 0 heterocycles. The second-order valence-electron chi connectivity index (χ2n) is 4.86. The van der Waals surface area contributed by atoms with Crippen LogP contribution < -0.4 is 11.1 Å². The Morgan fingerprint density at radius 3 is 2.95 bits per heavy atom. The molecule has 1 aliphatic rings. The van der Waals surface area contributed by atoms with Gasteiger partial charge < -0.3 is 15.8 Å². The molecule has 0 bridgehead atoms. The van der Waals surface area contributed by atoms with Gasteiger partial charge in [0.25, 0.3) is 0 Å². The Hall–Kier alpha value is -1.10. The Balaban J connectivity index is 1.98. The third kappa shape index (κ3) is 3.47. The van der Waals surface area contributed by atoms with Crippen molar-refractivity contribution in [1.29, 1.82) is 0 Å². The van der Waals surface area contributed by atoms with E-state index in [1.807, 2.05) is 6.07 Å². The van der Waals surface area contributed by atoms with Crippen LogP contribution in [0.3, 0.4) is 0 Å². The van der Waals surface area contributed by atoms with Gasteiger partial charge in [-0.1, -0.05) is 17.7 Å². The van der Waals surface area contributed by atoms with Gasteiger partial charge in [-0.15, -0.1) is 0 Å². The number of hydrogen-bond acceptors (Lipinski definition) is 3. The van der Waals surface area contributed by atoms with Gasteiger partial charge in [-0.05, 0) is 37.0 Å². The van der Waals surface area contributed by atoms with E-state index < -0.39 is 5.91 Å². The molecular formula is C14H19ClN2O2. The second-order valence-corrected chi connectivity index (χ2v) is 5.27. The lowest BCUT2D eigenvalue weighted by Gasteiger charge is -2.20. The van der Waals surface area contributed by atoms with E-state index in [-0.39, 0.29) is 6.10 Å². The number of rotatable bonds is 5. The van der Waals surface area contributed by atoms with Crippen LogP contribution in [0.5, 0.6) is 0 Å². The van der Waals surface area contributed by atoms with Crippen molar-refractivity contribution >= 4 is 17.5 Å². The first-order valence-electron chi connectivity index (χ1n) is 6.46. The van der Waals surface area contributed by atoms with Gasteiger partial charge in [0.2, 0.25) is 5.91 Å². The monoisotopic (exact) mass is 282 g/mol. The first kappa shape index (κ1) is 14.3. The highest BCUT2D eigenvalue weighted by Crippen LogP contribution is 2.23. The van der Waals surface area contributed by atoms with Gasteiger partial charge in [0, 0.05) is 30.3 Å². The molecular weight excluding hydrogens is 264 g/mol. The molecule has 0 aliphatic heterocycles. The van der Waals surface area contributed by atoms with Crippen LogP contribution in [0.2, 0.25) is 5.02 Å². The summed E-state index contributed by atoms with van der Waals surface area (Å²) in [5.41, 5.74) is 6.61. The molecule has 0 saturated heterocycles. The van der Waals surface area contributed by atoms with Gasteiger partial charge in [-0.2, -0.15) is 0 Å². The Morgan fingerprint density at radius 2 is 2.32 bits per heavy atom. The average Bonchev–Trinajstić information content (AvgIpc) is 2.84. The maximum absolute atomic E-state index is 11.0. The molecule has 0 radical (unpaired) electrons. The maximum atomic E-state index is 11.0. The number of primary amides is 1. The molecule has 2 unspecified atom stereocenters. The molecule has 2 atom stereocenters. The Bertz CT molecular complexity index is 465. The molecule has 4 nitrogen and oxygen atoms in total. The van der Waals surface area contributed by atoms with Crippen LogP contribution in [0.1, 0.15) is 35.2 Å². The van der Waals surface area contributed by atoms with Crippen molar-refractivity contribution in [2.24, 2.45) is 5.73 Å². The molecule has 104 valence electrons. The van der Waals surface area contributed by atoms with E-state index in [1.54, 1.807) is 19.2 Å². The second kappa shape index (κ2) is 6.37. The van der Waals surface area contributed by atoms with Gasteiger partial charge in [-0.3, -0.25) is 4.79 Å². The number of amides is 1. The summed E-state index contributed by atoms with van der Waals surface area (Å²) in [6.45, 7) is 0.669. The van der Waals surface area contributed by atoms with E-state index in [4.69, 9.17) is 22.1 Å². The topological polar surface area (TPSA) is 64.3 Å². The summed E-state index contributed by atoms with van der Waals surface area (Å²) in [5.74, 6) is -0.461. The zero-order valence-corrected chi connectivity index (χ0v) is 11.7. The number of nitrogens with one attached hydrogen (secondary N) is 1. The largest absolute Gasteiger partial charge is 0.380 e. The summed E-state index contributed by atoms with van der Waals surface area (Å²) in [6, 6.07) is 5.53. The van der Waals surface area contributed by atoms with Crippen molar-refractivity contribution in [2.45, 2.75) is 38.0 Å². The third-order valence-electron chi connectivity index (χ3n) is 3.65. The van der Waals surface area contributed by atoms with E-state index in [1.165, 1.54) is 6.42 Å². The standard InChI is InChI=1S/C14H19ClN2O2/c1-19-13-4-2-3-12(13)17-8-10-6-5-9(14(16)18)7-11(10)15/h5-7,12-13,17H,2-4,8H2,1H3,(H2,16,18). The van der Waals surface area contributed by atoms with Crippen molar-refractivity contribution in [1.82, 2.24) is 5.32 Å². The molecule has 1 aliphatic carbocycles. The molecule has 1 amide bonds. The Labute approximate surface area is 118 Å². The predicted octanol–water partition coefficient (Wildman–Crippen LogP) is 2.10. The van der Waals surface area contributed by atoms with Crippen LogP contribution in [-0.2, 0) is 11.3 Å². The van der Waals surface area contributed by atoms with Crippen LogP contribution in [-0.4, -0.2) is 25.2 Å². The molecule has 3 N–H and O–H groups in total. The molecule has 1 aromatic rings. The summed E-state index contributed by atoms with van der Waals surface area (Å²) in [7, 11) is 1.75. The molecule has 19 heavy (non-hydrogen) atoms. The SMILES string of the molecule is COC1CCCC1NCc1ccc(C(N)=O)cc1Cl. The lowest BCUT2D eigenvalue weighted by molar-refractivity contribution is 0.0847. The number of carbonyl (C=O) groups excluding carboxylic acids is 1. The van der Waals surface area contributed by atoms with Crippen molar-refractivity contribution < 1.29 is 9.53 Å². The number of halogens is 1. The van der Waals surface area contributed by atoms with E-state index in [0.29, 0.717) is 23.2 Å². The van der Waals surface area contributed by atoms with E-state index in [2.05, 4.69) is 5.32 Å². The summed E-state index contributed by atoms with van der Waals surface area (Å²) >= 11 is 6.15. The van der Waals surface area contributed by atoms with Crippen molar-refractivity contribution in [3.05, 3.63) is 34.3 Å². The first-order chi connectivity index (χ1) is 9.11. The van der Waals surface area contributed by atoms with Gasteiger partial charge in [0.15, 0.2) is 0 Å². The zero-order valence-electron chi connectivity index (χ0n) is 11.0. The Morgan fingerprint density at radius 1 is 1.53 bits per heavy atom. The summed E-state index contributed by atoms with van der Waals surface area (Å²) < 4.78 is 5.44. The smallest absolute Gasteiger partial charge is 0.248 e. The van der Waals surface area contributed by atoms with E-state index in [9.17, 15) is 4.79 Å². The number of benzene rings is 1.